The van der Waals surface area contributed by atoms with E-state index in [0.717, 1.165) is 11.3 Å². The highest BCUT2D eigenvalue weighted by molar-refractivity contribution is 5.84. The van der Waals surface area contributed by atoms with Crippen LogP contribution in [0.3, 0.4) is 0 Å². The highest BCUT2D eigenvalue weighted by Crippen LogP contribution is 2.33. The summed E-state index contributed by atoms with van der Waals surface area (Å²) in [5, 5.41) is 3.13. The summed E-state index contributed by atoms with van der Waals surface area (Å²) >= 11 is 0. The molecule has 21 heavy (non-hydrogen) atoms. The lowest BCUT2D eigenvalue weighted by molar-refractivity contribution is -0.118. The first kappa shape index (κ1) is 13.3. The van der Waals surface area contributed by atoms with Crippen molar-refractivity contribution in [2.24, 2.45) is 5.73 Å². The molecule has 3 rings (SSSR count). The molecule has 0 unspecified atom stereocenters. The van der Waals surface area contributed by atoms with Crippen LogP contribution < -0.4 is 20.5 Å². The maximum Gasteiger partial charge on any atom is 0.244 e. The van der Waals surface area contributed by atoms with Crippen molar-refractivity contribution in [2.75, 3.05) is 18.5 Å². The maximum absolute atomic E-state index is 11.7. The Morgan fingerprint density at radius 2 is 1.76 bits per heavy atom. The largest absolute Gasteiger partial charge is 0.486 e. The van der Waals surface area contributed by atoms with Crippen LogP contribution in [0.1, 0.15) is 11.6 Å². The average molecular weight is 284 g/mol. The van der Waals surface area contributed by atoms with Gasteiger partial charge in [-0.05, 0) is 17.7 Å². The number of fused-ring (bicyclic) bond motifs is 1. The molecular weight excluding hydrogens is 268 g/mol. The molecule has 5 heteroatoms. The van der Waals surface area contributed by atoms with Crippen LogP contribution in [0.2, 0.25) is 0 Å². The molecule has 108 valence electrons. The van der Waals surface area contributed by atoms with Crippen molar-refractivity contribution in [1.82, 2.24) is 0 Å². The van der Waals surface area contributed by atoms with E-state index in [4.69, 9.17) is 15.2 Å². The Hall–Kier alpha value is -2.69. The molecule has 1 amide bonds. The van der Waals surface area contributed by atoms with Gasteiger partial charge in [-0.3, -0.25) is 4.79 Å². The fraction of sp³-hybridized carbons (Fsp3) is 0.188. The number of rotatable bonds is 4. The number of carbonyl (C=O) groups is 1. The van der Waals surface area contributed by atoms with Crippen LogP contribution in [0.25, 0.3) is 0 Å². The van der Waals surface area contributed by atoms with Crippen LogP contribution in [0, 0.1) is 0 Å². The molecule has 1 heterocycles. The predicted molar refractivity (Wildman–Crippen MR) is 79.4 cm³/mol. The number of benzene rings is 2. The van der Waals surface area contributed by atoms with Crippen molar-refractivity contribution in [3.8, 4) is 11.5 Å². The summed E-state index contributed by atoms with van der Waals surface area (Å²) in [6.07, 6.45) is 0. The minimum absolute atomic E-state index is 0.434. The number of nitrogens with one attached hydrogen (secondary N) is 1. The summed E-state index contributed by atoms with van der Waals surface area (Å²) in [7, 11) is 0. The molecule has 0 saturated carbocycles. The van der Waals surface area contributed by atoms with Crippen molar-refractivity contribution in [2.45, 2.75) is 6.04 Å². The monoisotopic (exact) mass is 284 g/mol. The van der Waals surface area contributed by atoms with E-state index in [1.807, 2.05) is 48.5 Å². The molecule has 0 bridgehead atoms. The zero-order chi connectivity index (χ0) is 14.7. The fourth-order valence-corrected chi connectivity index (χ4v) is 2.26. The number of hydrogen-bond acceptors (Lipinski definition) is 4. The van der Waals surface area contributed by atoms with Gasteiger partial charge in [0.1, 0.15) is 19.3 Å². The third-order valence-corrected chi connectivity index (χ3v) is 3.27. The van der Waals surface area contributed by atoms with Crippen molar-refractivity contribution in [3.05, 3.63) is 54.1 Å². The second-order valence-corrected chi connectivity index (χ2v) is 4.75. The minimum Gasteiger partial charge on any atom is -0.486 e. The van der Waals surface area contributed by atoms with Gasteiger partial charge in [-0.25, -0.2) is 0 Å². The van der Waals surface area contributed by atoms with Crippen LogP contribution in [0.5, 0.6) is 11.5 Å². The molecule has 0 saturated heterocycles. The molecule has 1 atom stereocenters. The Morgan fingerprint density at radius 1 is 1.05 bits per heavy atom. The Kier molecular flexibility index (Phi) is 3.64. The molecular formula is C16H16N2O3. The van der Waals surface area contributed by atoms with E-state index >= 15 is 0 Å². The van der Waals surface area contributed by atoms with E-state index in [-0.39, 0.29) is 0 Å². The summed E-state index contributed by atoms with van der Waals surface area (Å²) in [5.74, 6) is 0.945. The Labute approximate surface area is 122 Å². The Morgan fingerprint density at radius 3 is 2.48 bits per heavy atom. The molecule has 0 aromatic heterocycles. The zero-order valence-electron chi connectivity index (χ0n) is 11.4. The molecule has 0 spiro atoms. The normalized spacial score (nSPS) is 14.3. The quantitative estimate of drug-likeness (QED) is 0.901. The van der Waals surface area contributed by atoms with Gasteiger partial charge in [0, 0.05) is 11.8 Å². The highest BCUT2D eigenvalue weighted by Gasteiger charge is 2.19. The number of amides is 1. The lowest BCUT2D eigenvalue weighted by Gasteiger charge is -2.21. The summed E-state index contributed by atoms with van der Waals surface area (Å²) < 4.78 is 11.0. The van der Waals surface area contributed by atoms with Gasteiger partial charge in [0.25, 0.3) is 0 Å². The lowest BCUT2D eigenvalue weighted by atomic mass is 10.1. The first-order chi connectivity index (χ1) is 10.2. The minimum atomic E-state index is -0.589. The van der Waals surface area contributed by atoms with E-state index in [2.05, 4.69) is 5.32 Å². The van der Waals surface area contributed by atoms with E-state index in [9.17, 15) is 4.79 Å². The SMILES string of the molecule is NC(=O)[C@@H](Nc1ccc2c(c1)OCCO2)c1ccccc1. The molecule has 5 nitrogen and oxygen atoms in total. The number of primary amides is 1. The highest BCUT2D eigenvalue weighted by atomic mass is 16.6. The Bertz CT molecular complexity index is 643. The molecule has 0 fully saturated rings. The molecule has 3 N–H and O–H groups in total. The van der Waals surface area contributed by atoms with Gasteiger partial charge >= 0.3 is 0 Å². The number of hydrogen-bond donors (Lipinski definition) is 2. The zero-order valence-corrected chi connectivity index (χ0v) is 11.4. The van der Waals surface area contributed by atoms with Crippen LogP contribution in [0.15, 0.2) is 48.5 Å². The Balaban J connectivity index is 1.85. The molecule has 2 aromatic carbocycles. The molecule has 0 aliphatic carbocycles. The topological polar surface area (TPSA) is 73.6 Å². The second-order valence-electron chi connectivity index (χ2n) is 4.75. The van der Waals surface area contributed by atoms with Gasteiger partial charge in [-0.15, -0.1) is 0 Å². The van der Waals surface area contributed by atoms with Crippen LogP contribution in [-0.4, -0.2) is 19.1 Å². The second kappa shape index (κ2) is 5.75. The number of ether oxygens (including phenoxy) is 2. The molecule has 1 aliphatic heterocycles. The van der Waals surface area contributed by atoms with Gasteiger partial charge < -0.3 is 20.5 Å². The standard InChI is InChI=1S/C16H16N2O3/c17-16(19)15(11-4-2-1-3-5-11)18-12-6-7-13-14(10-12)21-9-8-20-13/h1-7,10,15,18H,8-9H2,(H2,17,19)/t15-/m0/s1. The van der Waals surface area contributed by atoms with Crippen LogP contribution in [0.4, 0.5) is 5.69 Å². The smallest absolute Gasteiger partial charge is 0.244 e. The van der Waals surface area contributed by atoms with Gasteiger partial charge in [0.05, 0.1) is 0 Å². The molecule has 1 aliphatic rings. The van der Waals surface area contributed by atoms with E-state index in [1.54, 1.807) is 0 Å². The van der Waals surface area contributed by atoms with Crippen molar-refractivity contribution in [1.29, 1.82) is 0 Å². The van der Waals surface area contributed by atoms with E-state index < -0.39 is 11.9 Å². The van der Waals surface area contributed by atoms with E-state index in [0.29, 0.717) is 24.7 Å². The van der Waals surface area contributed by atoms with Crippen molar-refractivity contribution < 1.29 is 14.3 Å². The average Bonchev–Trinajstić information content (AvgIpc) is 2.53. The van der Waals surface area contributed by atoms with Crippen LogP contribution >= 0.6 is 0 Å². The van der Waals surface area contributed by atoms with Gasteiger partial charge in [0.15, 0.2) is 11.5 Å². The number of anilines is 1. The lowest BCUT2D eigenvalue weighted by Crippen LogP contribution is -2.27. The van der Waals surface area contributed by atoms with Gasteiger partial charge in [-0.2, -0.15) is 0 Å². The van der Waals surface area contributed by atoms with Crippen LogP contribution in [-0.2, 0) is 4.79 Å². The first-order valence-corrected chi connectivity index (χ1v) is 6.74. The summed E-state index contributed by atoms with van der Waals surface area (Å²) in [6, 6.07) is 14.2. The predicted octanol–water partition coefficient (Wildman–Crippen LogP) is 2.10. The number of nitrogens with two attached hydrogens (primary N) is 1. The summed E-state index contributed by atoms with van der Waals surface area (Å²) in [5.41, 5.74) is 7.07. The first-order valence-electron chi connectivity index (χ1n) is 6.74. The van der Waals surface area contributed by atoms with Gasteiger partial charge in [-0.1, -0.05) is 30.3 Å². The van der Waals surface area contributed by atoms with Gasteiger partial charge in [0.2, 0.25) is 5.91 Å². The molecule has 2 aromatic rings. The molecule has 0 radical (unpaired) electrons. The van der Waals surface area contributed by atoms with Crippen molar-refractivity contribution >= 4 is 11.6 Å². The summed E-state index contributed by atoms with van der Waals surface area (Å²) in [4.78, 5) is 11.7. The van der Waals surface area contributed by atoms with E-state index in [1.165, 1.54) is 0 Å². The van der Waals surface area contributed by atoms with Crippen molar-refractivity contribution in [3.63, 3.8) is 0 Å². The maximum atomic E-state index is 11.7. The third kappa shape index (κ3) is 2.91. The third-order valence-electron chi connectivity index (χ3n) is 3.27. The fourth-order valence-electron chi connectivity index (χ4n) is 2.26. The number of carbonyl (C=O) groups excluding carboxylic acids is 1. The summed E-state index contributed by atoms with van der Waals surface area (Å²) in [6.45, 7) is 1.07.